The van der Waals surface area contributed by atoms with Crippen LogP contribution in [0.15, 0.2) is 29.3 Å². The predicted octanol–water partition coefficient (Wildman–Crippen LogP) is 2.56. The number of carbonyl (C=O) groups is 1. The molecule has 3 rings (SSSR count). The first-order chi connectivity index (χ1) is 14.1. The Hall–Kier alpha value is -2.52. The van der Waals surface area contributed by atoms with Crippen LogP contribution < -0.4 is 19.5 Å². The van der Waals surface area contributed by atoms with Crippen molar-refractivity contribution >= 4 is 17.7 Å². The normalized spacial score (nSPS) is 15.8. The van der Waals surface area contributed by atoms with Gasteiger partial charge in [0.05, 0.1) is 38.9 Å². The Kier molecular flexibility index (Phi) is 7.54. The van der Waals surface area contributed by atoms with E-state index in [2.05, 4.69) is 15.5 Å². The number of nitrogens with zero attached hydrogens (tertiary/aromatic N) is 2. The smallest absolute Gasteiger partial charge is 0.230 e. The van der Waals surface area contributed by atoms with Gasteiger partial charge in [-0.2, -0.15) is 0 Å². The maximum Gasteiger partial charge on any atom is 0.230 e. The molecule has 1 unspecified atom stereocenters. The summed E-state index contributed by atoms with van der Waals surface area (Å²) < 4.78 is 21.6. The zero-order valence-corrected chi connectivity index (χ0v) is 17.6. The molecule has 1 aliphatic rings. The Balaban J connectivity index is 1.60. The lowest BCUT2D eigenvalue weighted by Gasteiger charge is -2.13. The van der Waals surface area contributed by atoms with Crippen molar-refractivity contribution in [1.82, 2.24) is 15.5 Å². The second-order valence-corrected chi connectivity index (χ2v) is 7.39. The van der Waals surface area contributed by atoms with Crippen molar-refractivity contribution in [2.75, 3.05) is 40.2 Å². The van der Waals surface area contributed by atoms with Gasteiger partial charge in [0.1, 0.15) is 5.03 Å². The summed E-state index contributed by atoms with van der Waals surface area (Å²) in [4.78, 5) is 12.0. The third-order valence-corrected chi connectivity index (χ3v) is 5.42. The average Bonchev–Trinajstić information content (AvgIpc) is 3.29. The maximum absolute atomic E-state index is 12.0. The van der Waals surface area contributed by atoms with E-state index >= 15 is 0 Å². The zero-order valence-electron chi connectivity index (χ0n) is 16.8. The van der Waals surface area contributed by atoms with E-state index < -0.39 is 0 Å². The summed E-state index contributed by atoms with van der Waals surface area (Å²) in [5.74, 6) is 1.86. The van der Waals surface area contributed by atoms with E-state index in [4.69, 9.17) is 18.9 Å². The van der Waals surface area contributed by atoms with Gasteiger partial charge in [-0.3, -0.25) is 4.79 Å². The minimum Gasteiger partial charge on any atom is -0.493 e. The summed E-state index contributed by atoms with van der Waals surface area (Å²) in [5, 5.41) is 12.1. The van der Waals surface area contributed by atoms with Gasteiger partial charge < -0.3 is 24.3 Å². The van der Waals surface area contributed by atoms with Crippen LogP contribution >= 0.6 is 11.8 Å². The molecule has 8 nitrogen and oxygen atoms in total. The zero-order chi connectivity index (χ0) is 20.6. The summed E-state index contributed by atoms with van der Waals surface area (Å²) in [7, 11) is 4.69. The molecule has 1 atom stereocenters. The summed E-state index contributed by atoms with van der Waals surface area (Å²) in [5.41, 5.74) is 1.45. The molecule has 1 amide bonds. The summed E-state index contributed by atoms with van der Waals surface area (Å²) in [6.07, 6.45) is 2.20. The van der Waals surface area contributed by atoms with Crippen LogP contribution in [0.5, 0.6) is 17.2 Å². The van der Waals surface area contributed by atoms with Crippen molar-refractivity contribution in [3.05, 3.63) is 24.3 Å². The van der Waals surface area contributed by atoms with E-state index in [9.17, 15) is 4.79 Å². The lowest BCUT2D eigenvalue weighted by Crippen LogP contribution is -2.32. The fourth-order valence-electron chi connectivity index (χ4n) is 3.00. The lowest BCUT2D eigenvalue weighted by molar-refractivity contribution is -0.119. The molecule has 1 aliphatic heterocycles. The number of nitrogens with one attached hydrogen (secondary N) is 1. The van der Waals surface area contributed by atoms with Crippen LogP contribution in [0.2, 0.25) is 0 Å². The molecule has 1 saturated heterocycles. The third kappa shape index (κ3) is 5.51. The largest absolute Gasteiger partial charge is 0.493 e. The number of methoxy groups -OCH3 is 3. The number of amides is 1. The molecule has 0 bridgehead atoms. The van der Waals surface area contributed by atoms with Gasteiger partial charge in [0, 0.05) is 18.7 Å². The monoisotopic (exact) mass is 419 g/mol. The topological polar surface area (TPSA) is 91.8 Å². The minimum atomic E-state index is -0.0407. The van der Waals surface area contributed by atoms with Crippen LogP contribution in [0, 0.1) is 0 Å². The van der Waals surface area contributed by atoms with Gasteiger partial charge in [-0.15, -0.1) is 10.2 Å². The maximum atomic E-state index is 12.0. The van der Waals surface area contributed by atoms with Crippen molar-refractivity contribution in [1.29, 1.82) is 0 Å². The van der Waals surface area contributed by atoms with Crippen LogP contribution in [0.4, 0.5) is 0 Å². The van der Waals surface area contributed by atoms with Crippen LogP contribution in [-0.2, 0) is 9.53 Å². The molecule has 29 heavy (non-hydrogen) atoms. The fraction of sp³-hybridized carbons (Fsp3) is 0.450. The SMILES string of the molecule is COc1cc(-c2ccc(SCC(=O)NCC3CCCO3)nn2)cc(OC)c1OC. The predicted molar refractivity (Wildman–Crippen MR) is 110 cm³/mol. The first-order valence-corrected chi connectivity index (χ1v) is 10.3. The summed E-state index contributed by atoms with van der Waals surface area (Å²) in [6.45, 7) is 1.34. The molecule has 9 heteroatoms. The van der Waals surface area contributed by atoms with Gasteiger partial charge in [0.2, 0.25) is 11.7 Å². The Labute approximate surface area is 174 Å². The Bertz CT molecular complexity index is 800. The standard InChI is InChI=1S/C20H25N3O5S/c1-25-16-9-13(10-17(26-2)20(16)27-3)15-6-7-19(23-22-15)29-12-18(24)21-11-14-5-4-8-28-14/h6-7,9-10,14H,4-5,8,11-12H2,1-3H3,(H,21,24). The van der Waals surface area contributed by atoms with Gasteiger partial charge in [0.15, 0.2) is 11.5 Å². The van der Waals surface area contributed by atoms with Gasteiger partial charge in [-0.05, 0) is 37.1 Å². The molecule has 1 N–H and O–H groups in total. The van der Waals surface area contributed by atoms with Crippen molar-refractivity contribution in [3.63, 3.8) is 0 Å². The molecule has 1 aromatic carbocycles. The van der Waals surface area contributed by atoms with Crippen LogP contribution in [0.25, 0.3) is 11.3 Å². The quantitative estimate of drug-likeness (QED) is 0.620. The van der Waals surface area contributed by atoms with Crippen molar-refractivity contribution in [2.45, 2.75) is 24.0 Å². The second-order valence-electron chi connectivity index (χ2n) is 6.40. The molecule has 1 fully saturated rings. The van der Waals surface area contributed by atoms with Gasteiger partial charge in [-0.25, -0.2) is 0 Å². The second kappa shape index (κ2) is 10.3. The summed E-state index contributed by atoms with van der Waals surface area (Å²) in [6, 6.07) is 7.32. The van der Waals surface area contributed by atoms with E-state index in [1.54, 1.807) is 21.3 Å². The van der Waals surface area contributed by atoms with Crippen LogP contribution in [0.3, 0.4) is 0 Å². The van der Waals surface area contributed by atoms with Gasteiger partial charge in [0.25, 0.3) is 0 Å². The number of carbonyl (C=O) groups excluding carboxylic acids is 1. The molecule has 0 radical (unpaired) electrons. The molecule has 2 heterocycles. The molecule has 0 aliphatic carbocycles. The van der Waals surface area contributed by atoms with E-state index in [1.165, 1.54) is 11.8 Å². The van der Waals surface area contributed by atoms with Crippen LogP contribution in [-0.4, -0.2) is 62.4 Å². The third-order valence-electron chi connectivity index (χ3n) is 4.50. The average molecular weight is 420 g/mol. The molecular weight excluding hydrogens is 394 g/mol. The van der Waals surface area contributed by atoms with E-state index in [-0.39, 0.29) is 17.8 Å². The van der Waals surface area contributed by atoms with Crippen LogP contribution in [0.1, 0.15) is 12.8 Å². The van der Waals surface area contributed by atoms with E-state index in [1.807, 2.05) is 24.3 Å². The van der Waals surface area contributed by atoms with Crippen molar-refractivity contribution in [2.24, 2.45) is 0 Å². The molecule has 156 valence electrons. The molecule has 1 aromatic heterocycles. The number of aromatic nitrogens is 2. The highest BCUT2D eigenvalue weighted by Gasteiger charge is 2.17. The number of hydrogen-bond donors (Lipinski definition) is 1. The van der Waals surface area contributed by atoms with Gasteiger partial charge >= 0.3 is 0 Å². The van der Waals surface area contributed by atoms with E-state index in [0.29, 0.717) is 34.5 Å². The number of ether oxygens (including phenoxy) is 4. The number of benzene rings is 1. The Morgan fingerprint density at radius 3 is 2.48 bits per heavy atom. The minimum absolute atomic E-state index is 0.0407. The van der Waals surface area contributed by atoms with Crippen molar-refractivity contribution < 1.29 is 23.7 Å². The first-order valence-electron chi connectivity index (χ1n) is 9.29. The number of thioether (sulfide) groups is 1. The van der Waals surface area contributed by atoms with Gasteiger partial charge in [-0.1, -0.05) is 11.8 Å². The summed E-state index contributed by atoms with van der Waals surface area (Å²) >= 11 is 1.34. The first kappa shape index (κ1) is 21.2. The fourth-order valence-corrected chi connectivity index (χ4v) is 3.65. The highest BCUT2D eigenvalue weighted by atomic mass is 32.2. The Morgan fingerprint density at radius 1 is 1.17 bits per heavy atom. The highest BCUT2D eigenvalue weighted by Crippen LogP contribution is 2.40. The number of rotatable bonds is 9. The van der Waals surface area contributed by atoms with Crippen molar-refractivity contribution in [3.8, 4) is 28.5 Å². The Morgan fingerprint density at radius 2 is 1.93 bits per heavy atom. The lowest BCUT2D eigenvalue weighted by atomic mass is 10.1. The molecule has 0 saturated carbocycles. The van der Waals surface area contributed by atoms with E-state index in [0.717, 1.165) is 25.0 Å². The highest BCUT2D eigenvalue weighted by molar-refractivity contribution is 7.99. The molecule has 0 spiro atoms. The molecule has 2 aromatic rings. The molecular formula is C20H25N3O5S. The number of hydrogen-bond acceptors (Lipinski definition) is 8.